The number of ether oxygens (including phenoxy) is 3. The van der Waals surface area contributed by atoms with Gasteiger partial charge in [-0.2, -0.15) is 0 Å². The smallest absolute Gasteiger partial charge is 0.217 e. The van der Waals surface area contributed by atoms with Crippen molar-refractivity contribution in [2.45, 2.75) is 63.4 Å². The molecule has 1 aliphatic heterocycles. The first kappa shape index (κ1) is 21.4. The maximum Gasteiger partial charge on any atom is 0.217 e. The first-order valence-electron chi connectivity index (χ1n) is 10.3. The molecule has 0 unspecified atom stereocenters. The van der Waals surface area contributed by atoms with Gasteiger partial charge in [0.2, 0.25) is 11.6 Å². The fourth-order valence-corrected chi connectivity index (χ4v) is 4.84. The molecule has 1 saturated heterocycles. The summed E-state index contributed by atoms with van der Waals surface area (Å²) in [5.41, 5.74) is -1.17. The van der Waals surface area contributed by atoms with Crippen LogP contribution in [0.3, 0.4) is 0 Å². The fraction of sp³-hybridized carbons (Fsp3) is 0.619. The number of fused-ring (bicyclic) bond motifs is 1. The van der Waals surface area contributed by atoms with E-state index in [1.165, 1.54) is 6.92 Å². The largest absolute Gasteiger partial charge is 0.487 e. The second-order valence-corrected chi connectivity index (χ2v) is 9.15. The summed E-state index contributed by atoms with van der Waals surface area (Å²) < 4.78 is 46.6. The molecule has 1 N–H and O–H groups in total. The highest BCUT2D eigenvalue weighted by molar-refractivity contribution is 7.18. The second kappa shape index (κ2) is 8.72. The molecule has 2 aromatic rings. The van der Waals surface area contributed by atoms with Crippen LogP contribution in [0.5, 0.6) is 5.75 Å². The minimum absolute atomic E-state index is 0.0310. The predicted molar refractivity (Wildman–Crippen MR) is 109 cm³/mol. The number of nitrogens with zero attached hydrogens (tertiary/aromatic N) is 1. The van der Waals surface area contributed by atoms with Gasteiger partial charge in [-0.3, -0.25) is 4.79 Å². The quantitative estimate of drug-likeness (QED) is 0.708. The van der Waals surface area contributed by atoms with Gasteiger partial charge < -0.3 is 19.5 Å². The van der Waals surface area contributed by atoms with E-state index in [1.54, 1.807) is 12.1 Å². The number of hydrogen-bond donors (Lipinski definition) is 1. The van der Waals surface area contributed by atoms with Gasteiger partial charge in [0.05, 0.1) is 42.2 Å². The highest BCUT2D eigenvalue weighted by Crippen LogP contribution is 2.41. The Labute approximate surface area is 177 Å². The minimum atomic E-state index is -1.60. The summed E-state index contributed by atoms with van der Waals surface area (Å²) in [4.78, 5) is 15.3. The molecule has 2 heterocycles. The van der Waals surface area contributed by atoms with Crippen molar-refractivity contribution >= 4 is 27.5 Å². The summed E-state index contributed by atoms with van der Waals surface area (Å²) in [5, 5.41) is 3.05. The van der Waals surface area contributed by atoms with Crippen molar-refractivity contribution < 1.29 is 27.8 Å². The lowest BCUT2D eigenvalue weighted by molar-refractivity contribution is -0.135. The zero-order valence-corrected chi connectivity index (χ0v) is 17.9. The molecule has 1 aromatic heterocycles. The van der Waals surface area contributed by atoms with Gasteiger partial charge in [0, 0.05) is 13.0 Å². The molecule has 1 aliphatic carbocycles. The topological polar surface area (TPSA) is 69.7 Å². The van der Waals surface area contributed by atoms with Gasteiger partial charge in [0.1, 0.15) is 5.01 Å². The third-order valence-corrected chi connectivity index (χ3v) is 6.70. The molecule has 1 amide bonds. The molecule has 164 valence electrons. The SMILES string of the molecule is CC(=O)N[C@@H](C)COC1CCC(Oc2ccc3nc(C4(F)COC4)sc3c2F)CC1. The zero-order valence-electron chi connectivity index (χ0n) is 17.1. The molecule has 2 aliphatic rings. The number of hydrogen-bond acceptors (Lipinski definition) is 6. The number of aromatic nitrogens is 1. The number of carbonyl (C=O) groups excluding carboxylic acids is 1. The Kier molecular flexibility index (Phi) is 6.22. The van der Waals surface area contributed by atoms with Gasteiger partial charge >= 0.3 is 0 Å². The maximum absolute atomic E-state index is 15.0. The number of amides is 1. The number of halogens is 2. The number of alkyl halides is 1. The molecule has 4 rings (SSSR count). The third-order valence-electron chi connectivity index (χ3n) is 5.45. The van der Waals surface area contributed by atoms with Crippen molar-refractivity contribution in [1.82, 2.24) is 10.3 Å². The molecule has 1 aromatic carbocycles. The highest BCUT2D eigenvalue weighted by Gasteiger charge is 2.44. The Bertz CT molecular complexity index is 910. The van der Waals surface area contributed by atoms with Gasteiger partial charge in [-0.25, -0.2) is 13.8 Å². The first-order chi connectivity index (χ1) is 14.3. The van der Waals surface area contributed by atoms with Crippen LogP contribution in [-0.2, 0) is 19.9 Å². The van der Waals surface area contributed by atoms with Crippen LogP contribution in [-0.4, -0.2) is 49.0 Å². The van der Waals surface area contributed by atoms with Crippen LogP contribution >= 0.6 is 11.3 Å². The van der Waals surface area contributed by atoms with Gasteiger partial charge in [0.25, 0.3) is 0 Å². The summed E-state index contributed by atoms with van der Waals surface area (Å²) in [5.74, 6) is -0.375. The lowest BCUT2D eigenvalue weighted by Gasteiger charge is -2.31. The van der Waals surface area contributed by atoms with Gasteiger partial charge in [-0.05, 0) is 44.7 Å². The van der Waals surface area contributed by atoms with E-state index in [9.17, 15) is 13.6 Å². The van der Waals surface area contributed by atoms with Crippen LogP contribution < -0.4 is 10.1 Å². The molecule has 1 saturated carbocycles. The minimum Gasteiger partial charge on any atom is -0.487 e. The van der Waals surface area contributed by atoms with Gasteiger partial charge in [0.15, 0.2) is 11.6 Å². The lowest BCUT2D eigenvalue weighted by Crippen LogP contribution is -2.42. The van der Waals surface area contributed by atoms with E-state index in [0.29, 0.717) is 16.8 Å². The molecule has 9 heteroatoms. The van der Waals surface area contributed by atoms with E-state index in [4.69, 9.17) is 14.2 Å². The van der Waals surface area contributed by atoms with Crippen molar-refractivity contribution in [1.29, 1.82) is 0 Å². The molecule has 1 atom stereocenters. The Morgan fingerprint density at radius 3 is 2.67 bits per heavy atom. The lowest BCUT2D eigenvalue weighted by atomic mass is 9.95. The number of carbonyl (C=O) groups is 1. The second-order valence-electron chi connectivity index (χ2n) is 8.15. The van der Waals surface area contributed by atoms with E-state index in [0.717, 1.165) is 37.0 Å². The van der Waals surface area contributed by atoms with Crippen molar-refractivity contribution in [3.63, 3.8) is 0 Å². The van der Waals surface area contributed by atoms with Crippen LogP contribution in [0.4, 0.5) is 8.78 Å². The van der Waals surface area contributed by atoms with Crippen molar-refractivity contribution in [2.75, 3.05) is 19.8 Å². The Morgan fingerprint density at radius 2 is 2.03 bits per heavy atom. The molecule has 6 nitrogen and oxygen atoms in total. The third kappa shape index (κ3) is 4.58. The van der Waals surface area contributed by atoms with E-state index in [-0.39, 0.29) is 48.1 Å². The molecular formula is C21H26F2N2O4S. The van der Waals surface area contributed by atoms with E-state index < -0.39 is 11.5 Å². The zero-order chi connectivity index (χ0) is 21.3. The van der Waals surface area contributed by atoms with Crippen molar-refractivity contribution in [3.8, 4) is 5.75 Å². The Morgan fingerprint density at radius 1 is 1.33 bits per heavy atom. The summed E-state index contributed by atoms with van der Waals surface area (Å²) in [6.07, 6.45) is 3.17. The number of thiazole rings is 1. The highest BCUT2D eigenvalue weighted by atomic mass is 32.1. The summed E-state index contributed by atoms with van der Waals surface area (Å²) in [6.45, 7) is 3.79. The Balaban J connectivity index is 1.33. The fourth-order valence-electron chi connectivity index (χ4n) is 3.79. The maximum atomic E-state index is 15.0. The van der Waals surface area contributed by atoms with E-state index in [2.05, 4.69) is 10.3 Å². The van der Waals surface area contributed by atoms with E-state index >= 15 is 0 Å². The molecule has 0 spiro atoms. The van der Waals surface area contributed by atoms with Crippen LogP contribution in [0.15, 0.2) is 12.1 Å². The molecule has 2 fully saturated rings. The van der Waals surface area contributed by atoms with Crippen LogP contribution in [0.1, 0.15) is 44.5 Å². The molecule has 30 heavy (non-hydrogen) atoms. The van der Waals surface area contributed by atoms with E-state index in [1.807, 2.05) is 6.92 Å². The summed E-state index contributed by atoms with van der Waals surface area (Å²) in [6, 6.07) is 3.21. The number of rotatable bonds is 7. The van der Waals surface area contributed by atoms with Crippen LogP contribution in [0, 0.1) is 5.82 Å². The molecule has 0 radical (unpaired) electrons. The summed E-state index contributed by atoms with van der Waals surface area (Å²) >= 11 is 1.03. The Hall–Kier alpha value is -1.84. The van der Waals surface area contributed by atoms with Crippen molar-refractivity contribution in [3.05, 3.63) is 23.0 Å². The average molecular weight is 441 g/mol. The van der Waals surface area contributed by atoms with Gasteiger partial charge in [-0.1, -0.05) is 0 Å². The molecular weight excluding hydrogens is 414 g/mol. The van der Waals surface area contributed by atoms with Gasteiger partial charge in [-0.15, -0.1) is 11.3 Å². The normalized spacial score (nSPS) is 24.3. The average Bonchev–Trinajstić information content (AvgIpc) is 3.13. The van der Waals surface area contributed by atoms with Crippen LogP contribution in [0.2, 0.25) is 0 Å². The monoisotopic (exact) mass is 440 g/mol. The number of nitrogens with one attached hydrogen (secondary N) is 1. The van der Waals surface area contributed by atoms with Crippen molar-refractivity contribution in [2.24, 2.45) is 0 Å². The predicted octanol–water partition coefficient (Wildman–Crippen LogP) is 3.86. The first-order valence-corrected chi connectivity index (χ1v) is 11.1. The molecule has 0 bridgehead atoms. The summed E-state index contributed by atoms with van der Waals surface area (Å²) in [7, 11) is 0. The number of benzene rings is 1. The standard InChI is InChI=1S/C21H26F2N2O4S/c1-12(24-13(2)26)9-28-14-3-5-15(6-4-14)29-17-8-7-16-19(18(17)22)30-20(25-16)21(23)10-27-11-21/h7-8,12,14-15H,3-6,9-11H2,1-2H3,(H,24,26)/t12-,14?,15?/m0/s1. The van der Waals surface area contributed by atoms with Crippen LogP contribution in [0.25, 0.3) is 10.2 Å².